The van der Waals surface area contributed by atoms with E-state index < -0.39 is 74.0 Å². The van der Waals surface area contributed by atoms with Crippen LogP contribution in [0.3, 0.4) is 0 Å². The maximum atomic E-state index is 14.3. The van der Waals surface area contributed by atoms with Crippen molar-refractivity contribution in [2.24, 2.45) is 11.3 Å². The van der Waals surface area contributed by atoms with Crippen LogP contribution in [0, 0.1) is 11.3 Å². The van der Waals surface area contributed by atoms with Crippen LogP contribution in [-0.2, 0) is 29.1 Å². The normalized spacial score (nSPS) is 23.2. The smallest absolute Gasteiger partial charge is 0.337 e. The second-order valence-corrected chi connectivity index (χ2v) is 17.4. The predicted octanol–water partition coefficient (Wildman–Crippen LogP) is 4.23. The standard InChI is InChI=1S/C38H44ClN5O9S/c1-7-22-18-38(22,36(48)43-54(49,50)26-12-13-26)44-20-25(53-34-28-16-23(39)11-14-27(28)30(51-5)19-40-34)17-29(44)32(45)42-33(46)31(37(2,3)4)41-24-10-8-9-21(15-24)35(47)52-6/h7-11,14-16,19,22,25-26,29,31,41H,1,12-13,17-18,20H2,2-6H3,(H,43,48)(H,42,45,46)/t22-,25-,29+,31+,38-/m1/s1. The number of fused-ring (bicyclic) bond motifs is 1. The van der Waals surface area contributed by atoms with Gasteiger partial charge in [-0.25, -0.2) is 18.2 Å². The van der Waals surface area contributed by atoms with Gasteiger partial charge in [-0.05, 0) is 61.1 Å². The van der Waals surface area contributed by atoms with Gasteiger partial charge < -0.3 is 19.5 Å². The zero-order valence-electron chi connectivity index (χ0n) is 30.7. The molecular formula is C38H44ClN5O9S. The number of nitrogens with one attached hydrogen (secondary N) is 3. The number of halogens is 1. The van der Waals surface area contributed by atoms with Crippen LogP contribution in [0.4, 0.5) is 5.69 Å². The number of nitrogens with zero attached hydrogens (tertiary/aromatic N) is 2. The van der Waals surface area contributed by atoms with Crippen LogP contribution in [0.15, 0.2) is 61.3 Å². The molecule has 5 atom stereocenters. The Kier molecular flexibility index (Phi) is 10.7. The van der Waals surface area contributed by atoms with Gasteiger partial charge >= 0.3 is 5.97 Å². The van der Waals surface area contributed by atoms with E-state index in [4.69, 9.17) is 25.8 Å². The first-order valence-electron chi connectivity index (χ1n) is 17.6. The minimum Gasteiger partial charge on any atom is -0.494 e. The van der Waals surface area contributed by atoms with Crippen molar-refractivity contribution >= 4 is 61.8 Å². The Morgan fingerprint density at radius 2 is 1.83 bits per heavy atom. The lowest BCUT2D eigenvalue weighted by molar-refractivity contribution is -0.136. The second kappa shape index (κ2) is 14.8. The fourth-order valence-corrected chi connectivity index (χ4v) is 8.61. The highest BCUT2D eigenvalue weighted by Gasteiger charge is 2.67. The van der Waals surface area contributed by atoms with Crippen LogP contribution in [0.1, 0.15) is 56.8 Å². The lowest BCUT2D eigenvalue weighted by atomic mass is 9.85. The molecule has 3 aliphatic rings. The number of aromatic nitrogens is 1. The first-order chi connectivity index (χ1) is 25.5. The number of amides is 3. The van der Waals surface area contributed by atoms with Gasteiger partial charge in [0.25, 0.3) is 5.91 Å². The number of carbonyl (C=O) groups is 4. The summed E-state index contributed by atoms with van der Waals surface area (Å²) in [5.74, 6) is -2.43. The molecule has 14 nitrogen and oxygen atoms in total. The third-order valence-electron chi connectivity index (χ3n) is 10.2. The summed E-state index contributed by atoms with van der Waals surface area (Å²) >= 11 is 6.34. The van der Waals surface area contributed by atoms with E-state index in [1.54, 1.807) is 53.4 Å². The summed E-state index contributed by atoms with van der Waals surface area (Å²) in [4.78, 5) is 60.6. The molecule has 1 saturated heterocycles. The van der Waals surface area contributed by atoms with Crippen LogP contribution < -0.4 is 24.8 Å². The molecule has 3 N–H and O–H groups in total. The van der Waals surface area contributed by atoms with Gasteiger partial charge in [0, 0.05) is 40.4 Å². The number of ether oxygens (including phenoxy) is 3. The van der Waals surface area contributed by atoms with Crippen LogP contribution >= 0.6 is 11.6 Å². The number of hydrogen-bond donors (Lipinski definition) is 3. The molecule has 54 heavy (non-hydrogen) atoms. The van der Waals surface area contributed by atoms with E-state index >= 15 is 0 Å². The minimum atomic E-state index is -3.93. The SMILES string of the molecule is C=C[C@@H]1C[C@@]1(C(=O)NS(=O)(=O)C1CC1)N1C[C@H](Oc2ncc(OC)c3ccc(Cl)cc23)C[C@H]1C(=O)NC(=O)[C@H](Nc1cccc(C(=O)OC)c1)C(C)(C)C. The van der Waals surface area contributed by atoms with Gasteiger partial charge in [0.1, 0.15) is 23.4 Å². The Morgan fingerprint density at radius 3 is 2.46 bits per heavy atom. The molecule has 3 aromatic rings. The molecule has 2 aliphatic carbocycles. The summed E-state index contributed by atoms with van der Waals surface area (Å²) in [5, 5.41) is 6.74. The fourth-order valence-electron chi connectivity index (χ4n) is 7.08. The molecule has 0 spiro atoms. The maximum Gasteiger partial charge on any atom is 0.337 e. The van der Waals surface area contributed by atoms with Gasteiger partial charge in [-0.3, -0.25) is 29.3 Å². The number of likely N-dealkylation sites (tertiary alicyclic amines) is 1. The molecule has 1 aliphatic heterocycles. The number of hydrogen-bond acceptors (Lipinski definition) is 12. The van der Waals surface area contributed by atoms with E-state index in [2.05, 4.69) is 26.9 Å². The summed E-state index contributed by atoms with van der Waals surface area (Å²) in [6.07, 6.45) is 3.49. The second-order valence-electron chi connectivity index (χ2n) is 15.0. The van der Waals surface area contributed by atoms with Crippen molar-refractivity contribution in [2.45, 2.75) is 75.4 Å². The van der Waals surface area contributed by atoms with Gasteiger partial charge in [-0.2, -0.15) is 0 Å². The molecular weight excluding hydrogens is 738 g/mol. The van der Waals surface area contributed by atoms with Crippen molar-refractivity contribution in [1.82, 2.24) is 19.9 Å². The van der Waals surface area contributed by atoms with Crippen molar-refractivity contribution in [3.8, 4) is 11.6 Å². The molecule has 3 fully saturated rings. The average Bonchev–Trinajstić information content (AvgIpc) is 4.06. The Bertz CT molecular complexity index is 2120. The third-order valence-corrected chi connectivity index (χ3v) is 12.2. The van der Waals surface area contributed by atoms with Crippen molar-refractivity contribution < 1.29 is 41.8 Å². The quantitative estimate of drug-likeness (QED) is 0.166. The average molecular weight is 782 g/mol. The third kappa shape index (κ3) is 7.75. The lowest BCUT2D eigenvalue weighted by Crippen LogP contribution is -2.59. The number of carbonyl (C=O) groups excluding carboxylic acids is 4. The van der Waals surface area contributed by atoms with E-state index in [-0.39, 0.29) is 30.8 Å². The van der Waals surface area contributed by atoms with Crippen molar-refractivity contribution in [3.63, 3.8) is 0 Å². The number of esters is 1. The summed E-state index contributed by atoms with van der Waals surface area (Å²) in [5.41, 5.74) is -1.44. The van der Waals surface area contributed by atoms with Crippen molar-refractivity contribution in [2.75, 3.05) is 26.1 Å². The number of benzene rings is 2. The lowest BCUT2D eigenvalue weighted by Gasteiger charge is -2.34. The number of sulfonamides is 1. The molecule has 2 saturated carbocycles. The molecule has 2 heterocycles. The minimum absolute atomic E-state index is 0.0184. The van der Waals surface area contributed by atoms with Gasteiger partial charge in [-0.1, -0.05) is 44.5 Å². The summed E-state index contributed by atoms with van der Waals surface area (Å²) in [6, 6.07) is 9.56. The zero-order chi connectivity index (χ0) is 39.2. The number of pyridine rings is 1. The molecule has 0 unspecified atom stereocenters. The maximum absolute atomic E-state index is 14.3. The Balaban J connectivity index is 1.31. The first kappa shape index (κ1) is 39.0. The fraction of sp³-hybridized carbons (Fsp3) is 0.447. The highest BCUT2D eigenvalue weighted by Crippen LogP contribution is 2.53. The summed E-state index contributed by atoms with van der Waals surface area (Å²) < 4.78 is 45.0. The predicted molar refractivity (Wildman–Crippen MR) is 202 cm³/mol. The summed E-state index contributed by atoms with van der Waals surface area (Å²) in [7, 11) is -1.14. The van der Waals surface area contributed by atoms with E-state index in [0.29, 0.717) is 40.1 Å². The van der Waals surface area contributed by atoms with E-state index in [1.807, 2.05) is 20.8 Å². The largest absolute Gasteiger partial charge is 0.494 e. The van der Waals surface area contributed by atoms with E-state index in [0.717, 1.165) is 0 Å². The Hall–Kier alpha value is -4.73. The summed E-state index contributed by atoms with van der Waals surface area (Å²) in [6.45, 7) is 9.36. The monoisotopic (exact) mass is 781 g/mol. The van der Waals surface area contributed by atoms with Gasteiger partial charge in [0.2, 0.25) is 27.7 Å². The van der Waals surface area contributed by atoms with Gasteiger partial charge in [-0.15, -0.1) is 6.58 Å². The van der Waals surface area contributed by atoms with Crippen LogP contribution in [0.25, 0.3) is 10.8 Å². The molecule has 1 aromatic heterocycles. The molecule has 288 valence electrons. The molecule has 6 rings (SSSR count). The first-order valence-corrected chi connectivity index (χ1v) is 19.5. The number of rotatable bonds is 13. The number of imide groups is 1. The molecule has 0 bridgehead atoms. The number of anilines is 1. The van der Waals surface area contributed by atoms with Crippen LogP contribution in [-0.4, -0.2) is 91.7 Å². The van der Waals surface area contributed by atoms with E-state index in [9.17, 15) is 27.6 Å². The molecule has 0 radical (unpaired) electrons. The zero-order valence-corrected chi connectivity index (χ0v) is 32.3. The molecule has 3 amide bonds. The van der Waals surface area contributed by atoms with Gasteiger partial charge in [0.05, 0.1) is 37.3 Å². The molecule has 16 heteroatoms. The van der Waals surface area contributed by atoms with Crippen molar-refractivity contribution in [1.29, 1.82) is 0 Å². The van der Waals surface area contributed by atoms with E-state index in [1.165, 1.54) is 20.4 Å². The Morgan fingerprint density at radius 1 is 1.09 bits per heavy atom. The molecule has 2 aromatic carbocycles. The Labute approximate surface area is 319 Å². The number of methoxy groups -OCH3 is 2. The van der Waals surface area contributed by atoms with Gasteiger partial charge in [0.15, 0.2) is 0 Å². The highest BCUT2D eigenvalue weighted by atomic mass is 35.5. The highest BCUT2D eigenvalue weighted by molar-refractivity contribution is 7.91. The van der Waals surface area contributed by atoms with Crippen LogP contribution in [0.5, 0.6) is 11.6 Å². The topological polar surface area (TPSA) is 182 Å². The van der Waals surface area contributed by atoms with Crippen LogP contribution in [0.2, 0.25) is 5.02 Å². The van der Waals surface area contributed by atoms with Crippen molar-refractivity contribution in [3.05, 3.63) is 71.9 Å².